The van der Waals surface area contributed by atoms with E-state index in [9.17, 15) is 31.1 Å². The number of hydrogen-bond donors (Lipinski definition) is 1. The van der Waals surface area contributed by atoms with Crippen LogP contribution in [0.25, 0.3) is 6.08 Å². The van der Waals surface area contributed by atoms with Crippen LogP contribution in [-0.4, -0.2) is 26.7 Å². The van der Waals surface area contributed by atoms with Gasteiger partial charge in [-0.05, 0) is 48.2 Å². The summed E-state index contributed by atoms with van der Waals surface area (Å²) < 4.78 is 75.5. The molecule has 1 N–H and O–H groups in total. The summed E-state index contributed by atoms with van der Waals surface area (Å²) in [6.07, 6.45) is -0.233. The summed E-state index contributed by atoms with van der Waals surface area (Å²) in [7, 11) is 1.19. The summed E-state index contributed by atoms with van der Waals surface area (Å²) in [4.78, 5) is 15.8. The fourth-order valence-corrected chi connectivity index (χ4v) is 3.08. The Morgan fingerprint density at radius 2 is 2.00 bits per heavy atom. The third kappa shape index (κ3) is 7.13. The van der Waals surface area contributed by atoms with Gasteiger partial charge in [0.05, 0.1) is 5.69 Å². The monoisotopic (exact) mass is 472 g/mol. The van der Waals surface area contributed by atoms with Crippen LogP contribution in [0.4, 0.5) is 23.2 Å². The first-order chi connectivity index (χ1) is 15.0. The van der Waals surface area contributed by atoms with Gasteiger partial charge in [-0.1, -0.05) is 25.5 Å². The highest BCUT2D eigenvalue weighted by Gasteiger charge is 2.32. The third-order valence-electron chi connectivity index (χ3n) is 4.52. The number of alkyl halides is 3. The van der Waals surface area contributed by atoms with Crippen molar-refractivity contribution in [1.29, 1.82) is 0 Å². The van der Waals surface area contributed by atoms with Gasteiger partial charge in [0.15, 0.2) is 0 Å². The molecule has 0 bridgehead atoms. The quantitative estimate of drug-likeness (QED) is 0.338. The Bertz CT molecular complexity index is 1010. The van der Waals surface area contributed by atoms with Gasteiger partial charge in [-0.2, -0.15) is 13.2 Å². The minimum absolute atomic E-state index is 0.0293. The highest BCUT2D eigenvalue weighted by Crippen LogP contribution is 2.29. The summed E-state index contributed by atoms with van der Waals surface area (Å²) in [6, 6.07) is 5.98. The number of carbonyl (C=O) groups excluding carboxylic acids is 1. The molecule has 0 radical (unpaired) electrons. The average Bonchev–Trinajstić information content (AvgIpc) is 2.73. The van der Waals surface area contributed by atoms with Crippen LogP contribution in [0, 0.1) is 5.82 Å². The molecule has 0 aliphatic rings. The molecule has 32 heavy (non-hydrogen) atoms. The van der Waals surface area contributed by atoms with Crippen molar-refractivity contribution in [3.05, 3.63) is 64.7 Å². The molecule has 0 aliphatic heterocycles. The zero-order valence-electron chi connectivity index (χ0n) is 17.4. The number of aromatic nitrogens is 1. The minimum Gasteiger partial charge on any atom is -0.755 e. The molecule has 174 valence electrons. The Morgan fingerprint density at radius 1 is 1.28 bits per heavy atom. The van der Waals surface area contributed by atoms with Crippen molar-refractivity contribution in [2.45, 2.75) is 38.9 Å². The number of amides is 1. The molecular weight excluding hydrogens is 450 g/mol. The second-order valence-corrected chi connectivity index (χ2v) is 7.87. The lowest BCUT2D eigenvalue weighted by molar-refractivity contribution is -0.141. The van der Waals surface area contributed by atoms with Crippen LogP contribution in [0.3, 0.4) is 0 Å². The van der Waals surface area contributed by atoms with E-state index in [1.165, 1.54) is 37.4 Å². The Hall–Kier alpha value is -2.79. The van der Waals surface area contributed by atoms with E-state index >= 15 is 0 Å². The molecule has 11 heteroatoms. The number of pyridine rings is 1. The van der Waals surface area contributed by atoms with Crippen LogP contribution in [0.1, 0.15) is 42.3 Å². The summed E-state index contributed by atoms with van der Waals surface area (Å²) >= 11 is -2.62. The number of rotatable bonds is 9. The van der Waals surface area contributed by atoms with Crippen molar-refractivity contribution in [1.82, 2.24) is 10.3 Å². The molecule has 1 amide bonds. The maximum atomic E-state index is 14.1. The number of nitrogens with zero attached hydrogens (tertiary/aromatic N) is 2. The molecule has 1 atom stereocenters. The van der Waals surface area contributed by atoms with Gasteiger partial charge in [-0.25, -0.2) is 9.37 Å². The first kappa shape index (κ1) is 25.5. The molecule has 0 fully saturated rings. The molecule has 0 spiro atoms. The number of aryl methyl sites for hydroxylation is 1. The third-order valence-corrected chi connectivity index (χ3v) is 5.17. The lowest BCUT2D eigenvalue weighted by Gasteiger charge is -2.21. The zero-order chi connectivity index (χ0) is 23.9. The van der Waals surface area contributed by atoms with Gasteiger partial charge in [0, 0.05) is 36.6 Å². The summed E-state index contributed by atoms with van der Waals surface area (Å²) in [5, 5.41) is 2.54. The van der Waals surface area contributed by atoms with Gasteiger partial charge in [0.25, 0.3) is 0 Å². The van der Waals surface area contributed by atoms with Gasteiger partial charge in [-0.3, -0.25) is 9.00 Å². The first-order valence-corrected chi connectivity index (χ1v) is 10.7. The molecular formula is C21H22F4N3O3S-. The predicted molar refractivity (Wildman–Crippen MR) is 112 cm³/mol. The van der Waals surface area contributed by atoms with Crippen molar-refractivity contribution in [2.75, 3.05) is 11.4 Å². The van der Waals surface area contributed by atoms with E-state index in [0.717, 1.165) is 22.9 Å². The summed E-state index contributed by atoms with van der Waals surface area (Å²) in [5.74, 6) is -1.30. The van der Waals surface area contributed by atoms with E-state index in [0.29, 0.717) is 24.0 Å². The molecule has 0 saturated carbocycles. The van der Waals surface area contributed by atoms with E-state index in [1.54, 1.807) is 0 Å². The average molecular weight is 472 g/mol. The molecule has 2 rings (SSSR count). The molecule has 2 aromatic rings. The SMILES string of the molecule is CCCCc1nc(C(F)(F)F)ccc1C=CC(=O)NCc1ccc(N(C)S(=O)[O-])c(F)c1. The topological polar surface area (TPSA) is 85.4 Å². The number of carbonyl (C=O) groups is 1. The van der Waals surface area contributed by atoms with Crippen molar-refractivity contribution >= 4 is 28.9 Å². The van der Waals surface area contributed by atoms with E-state index in [2.05, 4.69) is 10.3 Å². The maximum Gasteiger partial charge on any atom is 0.433 e. The van der Waals surface area contributed by atoms with Gasteiger partial charge in [0.1, 0.15) is 11.5 Å². The van der Waals surface area contributed by atoms with Crippen LogP contribution < -0.4 is 9.62 Å². The second-order valence-electron chi connectivity index (χ2n) is 6.89. The Balaban J connectivity index is 2.07. The Morgan fingerprint density at radius 3 is 2.59 bits per heavy atom. The largest absolute Gasteiger partial charge is 0.755 e. The molecule has 1 heterocycles. The van der Waals surface area contributed by atoms with Crippen LogP contribution >= 0.6 is 0 Å². The fraction of sp³-hybridized carbons (Fsp3) is 0.333. The molecule has 0 saturated heterocycles. The van der Waals surface area contributed by atoms with Gasteiger partial charge in [0.2, 0.25) is 5.91 Å². The van der Waals surface area contributed by atoms with E-state index in [-0.39, 0.29) is 17.9 Å². The summed E-state index contributed by atoms with van der Waals surface area (Å²) in [6.45, 7) is 1.88. The van der Waals surface area contributed by atoms with Crippen molar-refractivity contribution < 1.29 is 31.1 Å². The van der Waals surface area contributed by atoms with Crippen LogP contribution in [0.5, 0.6) is 0 Å². The minimum atomic E-state index is -4.55. The van der Waals surface area contributed by atoms with Crippen molar-refractivity contribution in [3.8, 4) is 0 Å². The van der Waals surface area contributed by atoms with Gasteiger partial charge >= 0.3 is 6.18 Å². The van der Waals surface area contributed by atoms with Crippen molar-refractivity contribution in [2.24, 2.45) is 0 Å². The Labute approximate surface area is 185 Å². The number of unbranched alkanes of at least 4 members (excludes halogenated alkanes) is 1. The first-order valence-electron chi connectivity index (χ1n) is 9.67. The normalized spacial score (nSPS) is 12.7. The van der Waals surface area contributed by atoms with Crippen LogP contribution in [-0.2, 0) is 35.2 Å². The number of hydrogen-bond acceptors (Lipinski definition) is 4. The van der Waals surface area contributed by atoms with Crippen LogP contribution in [0.2, 0.25) is 0 Å². The maximum absolute atomic E-state index is 14.1. The number of anilines is 1. The number of nitrogens with one attached hydrogen (secondary N) is 1. The zero-order valence-corrected chi connectivity index (χ0v) is 18.2. The Kier molecular flexibility index (Phi) is 8.90. The summed E-state index contributed by atoms with van der Waals surface area (Å²) in [5.41, 5.74) is -0.0586. The van der Waals surface area contributed by atoms with E-state index < -0.39 is 34.9 Å². The number of benzene rings is 1. The van der Waals surface area contributed by atoms with Gasteiger partial charge in [-0.15, -0.1) is 0 Å². The fourth-order valence-electron chi connectivity index (χ4n) is 2.78. The second kappa shape index (κ2) is 11.2. The number of halogens is 4. The molecule has 1 aromatic heterocycles. The molecule has 6 nitrogen and oxygen atoms in total. The lowest BCUT2D eigenvalue weighted by Crippen LogP contribution is -2.22. The molecule has 1 unspecified atom stereocenters. The predicted octanol–water partition coefficient (Wildman–Crippen LogP) is 4.14. The highest BCUT2D eigenvalue weighted by molar-refractivity contribution is 7.80. The smallest absolute Gasteiger partial charge is 0.433 e. The molecule has 0 aliphatic carbocycles. The highest BCUT2D eigenvalue weighted by atomic mass is 32.2. The van der Waals surface area contributed by atoms with E-state index in [1.807, 2.05) is 6.92 Å². The molecule has 1 aromatic carbocycles. The lowest BCUT2D eigenvalue weighted by atomic mass is 10.1. The van der Waals surface area contributed by atoms with Gasteiger partial charge < -0.3 is 14.2 Å². The standard InChI is InChI=1S/C21H23F4N3O3S/c1-3-4-5-17-15(7-10-19(27-17)21(23,24)25)8-11-20(29)26-13-14-6-9-18(16(22)12-14)28(2)32(30)31/h6-12H,3-5,13H2,1-2H3,(H,26,29)(H,30,31)/p-1. The van der Waals surface area contributed by atoms with E-state index in [4.69, 9.17) is 0 Å². The van der Waals surface area contributed by atoms with Crippen LogP contribution in [0.15, 0.2) is 36.4 Å². The van der Waals surface area contributed by atoms with Crippen molar-refractivity contribution in [3.63, 3.8) is 0 Å².